The Morgan fingerprint density at radius 2 is 2.00 bits per heavy atom. The fraction of sp³-hybridized carbons (Fsp3) is 0.100. The first-order valence-electron chi connectivity index (χ1n) is 4.07. The van der Waals surface area contributed by atoms with Gasteiger partial charge in [0.1, 0.15) is 0 Å². The van der Waals surface area contributed by atoms with Crippen LogP contribution in [0, 0.1) is 11.3 Å². The van der Waals surface area contributed by atoms with E-state index in [1.54, 1.807) is 12.1 Å². The van der Waals surface area contributed by atoms with Gasteiger partial charge in [0, 0.05) is 6.08 Å². The summed E-state index contributed by atoms with van der Waals surface area (Å²) >= 11 is 0. The summed E-state index contributed by atoms with van der Waals surface area (Å²) in [6.45, 7) is 0. The van der Waals surface area contributed by atoms with Gasteiger partial charge in [0.15, 0.2) is 11.5 Å². The highest BCUT2D eigenvalue weighted by Gasteiger charge is 2.43. The van der Waals surface area contributed by atoms with E-state index in [0.717, 1.165) is 0 Å². The first-order chi connectivity index (χ1) is 7.11. The molecule has 0 amide bonds. The van der Waals surface area contributed by atoms with Crippen LogP contribution >= 0.6 is 0 Å². The number of hydrogen-bond acceptors (Lipinski definition) is 3. The molecular weight excluding hydrogens is 204 g/mol. The van der Waals surface area contributed by atoms with Crippen molar-refractivity contribution in [3.8, 4) is 17.6 Å². The standard InChI is InChI=1S/C10H5F2NO2/c11-10(12)14-8-4-3-7(2-1-5-13)6-9(8)15-10/h1-4,6H. The number of nitrogens with zero attached hydrogens (tertiary/aromatic N) is 1. The molecule has 0 saturated heterocycles. The van der Waals surface area contributed by atoms with Crippen LogP contribution in [0.5, 0.6) is 11.5 Å². The van der Waals surface area contributed by atoms with Crippen LogP contribution in [0.4, 0.5) is 8.78 Å². The largest absolute Gasteiger partial charge is 0.586 e. The van der Waals surface area contributed by atoms with Gasteiger partial charge in [-0.15, -0.1) is 8.78 Å². The van der Waals surface area contributed by atoms with Crippen LogP contribution in [0.3, 0.4) is 0 Å². The minimum atomic E-state index is -3.60. The molecule has 0 aromatic heterocycles. The van der Waals surface area contributed by atoms with Crippen LogP contribution in [-0.2, 0) is 0 Å². The highest BCUT2D eigenvalue weighted by molar-refractivity contribution is 5.58. The van der Waals surface area contributed by atoms with Crippen molar-refractivity contribution in [2.45, 2.75) is 6.29 Å². The predicted molar refractivity (Wildman–Crippen MR) is 47.3 cm³/mol. The van der Waals surface area contributed by atoms with E-state index in [-0.39, 0.29) is 11.5 Å². The average molecular weight is 209 g/mol. The zero-order valence-corrected chi connectivity index (χ0v) is 7.41. The zero-order chi connectivity index (χ0) is 10.9. The molecule has 2 rings (SSSR count). The molecule has 0 saturated carbocycles. The first-order valence-corrected chi connectivity index (χ1v) is 4.07. The van der Waals surface area contributed by atoms with Crippen molar-refractivity contribution in [3.63, 3.8) is 0 Å². The molecule has 0 N–H and O–H groups in total. The molecule has 0 fully saturated rings. The molecule has 0 spiro atoms. The number of benzene rings is 1. The van der Waals surface area contributed by atoms with E-state index in [1.807, 2.05) is 0 Å². The molecule has 15 heavy (non-hydrogen) atoms. The van der Waals surface area contributed by atoms with E-state index in [0.29, 0.717) is 5.56 Å². The Labute approximate surface area is 84.1 Å². The molecular formula is C10H5F2NO2. The van der Waals surface area contributed by atoms with Gasteiger partial charge in [0.05, 0.1) is 6.07 Å². The highest BCUT2D eigenvalue weighted by atomic mass is 19.3. The van der Waals surface area contributed by atoms with Crippen molar-refractivity contribution in [2.75, 3.05) is 0 Å². The lowest BCUT2D eigenvalue weighted by Crippen LogP contribution is -2.25. The molecule has 1 heterocycles. The van der Waals surface area contributed by atoms with Gasteiger partial charge < -0.3 is 9.47 Å². The fourth-order valence-electron chi connectivity index (χ4n) is 1.20. The lowest BCUT2D eigenvalue weighted by molar-refractivity contribution is -0.286. The number of halogens is 2. The number of allylic oxidation sites excluding steroid dienone is 1. The van der Waals surface area contributed by atoms with Crippen molar-refractivity contribution in [1.29, 1.82) is 5.26 Å². The van der Waals surface area contributed by atoms with Gasteiger partial charge in [-0.25, -0.2) is 0 Å². The van der Waals surface area contributed by atoms with E-state index >= 15 is 0 Å². The maximum Gasteiger partial charge on any atom is 0.586 e. The summed E-state index contributed by atoms with van der Waals surface area (Å²) in [6, 6.07) is 6.10. The first kappa shape index (κ1) is 9.46. The Morgan fingerprint density at radius 1 is 1.27 bits per heavy atom. The second-order valence-corrected chi connectivity index (χ2v) is 2.84. The Kier molecular flexibility index (Phi) is 2.05. The Bertz CT molecular complexity index is 463. The van der Waals surface area contributed by atoms with Crippen LogP contribution in [0.15, 0.2) is 24.3 Å². The van der Waals surface area contributed by atoms with E-state index in [2.05, 4.69) is 9.47 Å². The number of hydrogen-bond donors (Lipinski definition) is 0. The minimum absolute atomic E-state index is 0.00546. The number of alkyl halides is 2. The summed E-state index contributed by atoms with van der Waals surface area (Å²) in [4.78, 5) is 0. The van der Waals surface area contributed by atoms with Crippen molar-refractivity contribution < 1.29 is 18.3 Å². The maximum absolute atomic E-state index is 12.6. The molecule has 1 aliphatic heterocycles. The molecule has 5 heteroatoms. The van der Waals surface area contributed by atoms with Crippen molar-refractivity contribution in [1.82, 2.24) is 0 Å². The smallest absolute Gasteiger partial charge is 0.395 e. The fourth-order valence-corrected chi connectivity index (χ4v) is 1.20. The summed E-state index contributed by atoms with van der Waals surface area (Å²) in [5, 5.41) is 8.29. The van der Waals surface area contributed by atoms with Gasteiger partial charge in [0.2, 0.25) is 0 Å². The van der Waals surface area contributed by atoms with E-state index in [9.17, 15) is 8.78 Å². The molecule has 0 atom stereocenters. The van der Waals surface area contributed by atoms with Crippen LogP contribution < -0.4 is 9.47 Å². The third-order valence-electron chi connectivity index (χ3n) is 1.78. The van der Waals surface area contributed by atoms with Crippen molar-refractivity contribution >= 4 is 6.08 Å². The Morgan fingerprint density at radius 3 is 2.73 bits per heavy atom. The summed E-state index contributed by atoms with van der Waals surface area (Å²) in [5.74, 6) is -0.0332. The second kappa shape index (κ2) is 3.24. The second-order valence-electron chi connectivity index (χ2n) is 2.84. The Hall–Kier alpha value is -2.09. The van der Waals surface area contributed by atoms with Crippen LogP contribution in [0.2, 0.25) is 0 Å². The van der Waals surface area contributed by atoms with Crippen molar-refractivity contribution in [2.24, 2.45) is 0 Å². The normalized spacial score (nSPS) is 16.6. The molecule has 1 aliphatic rings. The average Bonchev–Trinajstić information content (AvgIpc) is 2.47. The molecule has 1 aromatic rings. The molecule has 3 nitrogen and oxygen atoms in total. The SMILES string of the molecule is N#CC=Cc1ccc2c(c1)OC(F)(F)O2. The third kappa shape index (κ3) is 1.89. The number of ether oxygens (including phenoxy) is 2. The summed E-state index contributed by atoms with van der Waals surface area (Å²) in [5.41, 5.74) is 0.594. The number of rotatable bonds is 1. The highest BCUT2D eigenvalue weighted by Crippen LogP contribution is 2.41. The third-order valence-corrected chi connectivity index (χ3v) is 1.78. The summed E-state index contributed by atoms with van der Waals surface area (Å²) in [7, 11) is 0. The van der Waals surface area contributed by atoms with Gasteiger partial charge in [-0.3, -0.25) is 0 Å². The van der Waals surface area contributed by atoms with Crippen LogP contribution in [0.25, 0.3) is 6.08 Å². The lowest BCUT2D eigenvalue weighted by Gasteiger charge is -2.04. The Balaban J connectivity index is 2.31. The van der Waals surface area contributed by atoms with Gasteiger partial charge in [0.25, 0.3) is 0 Å². The van der Waals surface area contributed by atoms with Crippen molar-refractivity contribution in [3.05, 3.63) is 29.8 Å². The number of fused-ring (bicyclic) bond motifs is 1. The zero-order valence-electron chi connectivity index (χ0n) is 7.41. The quantitative estimate of drug-likeness (QED) is 0.667. The molecule has 0 aliphatic carbocycles. The lowest BCUT2D eigenvalue weighted by atomic mass is 10.2. The molecule has 76 valence electrons. The van der Waals surface area contributed by atoms with Crippen LogP contribution in [0.1, 0.15) is 5.56 Å². The summed E-state index contributed by atoms with van der Waals surface area (Å²) < 4.78 is 33.7. The van der Waals surface area contributed by atoms with E-state index in [4.69, 9.17) is 5.26 Å². The van der Waals surface area contributed by atoms with Gasteiger partial charge in [-0.2, -0.15) is 5.26 Å². The topological polar surface area (TPSA) is 42.2 Å². The maximum atomic E-state index is 12.6. The van der Waals surface area contributed by atoms with Gasteiger partial charge >= 0.3 is 6.29 Å². The monoisotopic (exact) mass is 209 g/mol. The predicted octanol–water partition coefficient (Wildman–Crippen LogP) is 2.54. The van der Waals surface area contributed by atoms with Crippen LogP contribution in [-0.4, -0.2) is 6.29 Å². The van der Waals surface area contributed by atoms with Gasteiger partial charge in [-0.05, 0) is 23.8 Å². The number of nitriles is 1. The molecule has 0 radical (unpaired) electrons. The van der Waals surface area contributed by atoms with E-state index < -0.39 is 6.29 Å². The van der Waals surface area contributed by atoms with E-state index in [1.165, 1.54) is 24.3 Å². The minimum Gasteiger partial charge on any atom is -0.395 e. The van der Waals surface area contributed by atoms with Gasteiger partial charge in [-0.1, -0.05) is 6.07 Å². The summed E-state index contributed by atoms with van der Waals surface area (Å²) in [6.07, 6.45) is -0.865. The molecule has 1 aromatic carbocycles. The molecule has 0 unspecified atom stereocenters. The molecule has 0 bridgehead atoms.